The SMILES string of the molecule is CS(=O)(=O)CCN1CCC(c2ccc(Nc3nc(-c4ccc(S(C)(=O)=O)cc4)cc4c3C(=O)[N]C=C4)cc2)CC1. The van der Waals surface area contributed by atoms with Gasteiger partial charge in [0.15, 0.2) is 9.84 Å². The molecule has 209 valence electrons. The van der Waals surface area contributed by atoms with Gasteiger partial charge in [-0.3, -0.25) is 4.79 Å². The molecule has 2 aliphatic heterocycles. The van der Waals surface area contributed by atoms with Crippen LogP contribution in [-0.2, 0) is 19.7 Å². The molecule has 40 heavy (non-hydrogen) atoms. The molecule has 9 nitrogen and oxygen atoms in total. The third-order valence-electron chi connectivity index (χ3n) is 7.30. The molecule has 3 heterocycles. The van der Waals surface area contributed by atoms with E-state index in [-0.39, 0.29) is 16.6 Å². The number of aromatic nitrogens is 1. The molecule has 2 aliphatic rings. The van der Waals surface area contributed by atoms with E-state index < -0.39 is 19.7 Å². The van der Waals surface area contributed by atoms with Crippen molar-refractivity contribution < 1.29 is 21.6 Å². The standard InChI is InChI=1S/C29H31N4O5S2/c1-39(35,36)18-17-33-15-12-21(13-16-33)20-3-7-24(8-4-20)31-28-27-23(11-14-30-29(27)34)19-26(32-28)22-5-9-25(10-6-22)40(2,37)38/h3-11,14,19,21H,12-13,15-18H2,1-2H3,(H,31,32). The van der Waals surface area contributed by atoms with Gasteiger partial charge in [-0.25, -0.2) is 27.1 Å². The number of piperidine rings is 1. The molecule has 0 unspecified atom stereocenters. The van der Waals surface area contributed by atoms with Crippen LogP contribution in [0.3, 0.4) is 0 Å². The quantitative estimate of drug-likeness (QED) is 0.426. The highest BCUT2D eigenvalue weighted by atomic mass is 32.2. The lowest BCUT2D eigenvalue weighted by Crippen LogP contribution is -2.36. The number of nitrogens with zero attached hydrogens (tertiary/aromatic N) is 3. The first kappa shape index (κ1) is 28.0. The van der Waals surface area contributed by atoms with E-state index in [2.05, 4.69) is 27.7 Å². The van der Waals surface area contributed by atoms with E-state index in [0.29, 0.717) is 35.1 Å². The first-order valence-electron chi connectivity index (χ1n) is 13.0. The summed E-state index contributed by atoms with van der Waals surface area (Å²) in [6.07, 6.45) is 7.59. The Kier molecular flexibility index (Phi) is 7.80. The van der Waals surface area contributed by atoms with Crippen molar-refractivity contribution >= 4 is 43.2 Å². The van der Waals surface area contributed by atoms with Gasteiger partial charge in [0, 0.05) is 36.5 Å². The molecule has 1 aromatic heterocycles. The average Bonchev–Trinajstić information content (AvgIpc) is 2.92. The largest absolute Gasteiger partial charge is 0.340 e. The van der Waals surface area contributed by atoms with Crippen molar-refractivity contribution in [2.75, 3.05) is 43.2 Å². The minimum atomic E-state index is -3.32. The summed E-state index contributed by atoms with van der Waals surface area (Å²) >= 11 is 0. The molecule has 1 N–H and O–H groups in total. The molecule has 2 aromatic carbocycles. The lowest BCUT2D eigenvalue weighted by atomic mass is 9.89. The number of hydrogen-bond acceptors (Lipinski definition) is 8. The number of anilines is 2. The highest BCUT2D eigenvalue weighted by Crippen LogP contribution is 2.33. The number of fused-ring (bicyclic) bond motifs is 1. The molecule has 0 spiro atoms. The van der Waals surface area contributed by atoms with Gasteiger partial charge in [0.1, 0.15) is 15.7 Å². The number of amides is 1. The van der Waals surface area contributed by atoms with Gasteiger partial charge in [0.05, 0.1) is 21.9 Å². The lowest BCUT2D eigenvalue weighted by Gasteiger charge is -2.32. The smallest absolute Gasteiger partial charge is 0.281 e. The molecule has 1 radical (unpaired) electrons. The van der Waals surface area contributed by atoms with E-state index in [1.807, 2.05) is 12.1 Å². The predicted octanol–water partition coefficient (Wildman–Crippen LogP) is 3.85. The molecule has 0 aliphatic carbocycles. The maximum atomic E-state index is 12.7. The van der Waals surface area contributed by atoms with Gasteiger partial charge in [-0.1, -0.05) is 24.3 Å². The van der Waals surface area contributed by atoms with Crippen LogP contribution < -0.4 is 10.6 Å². The van der Waals surface area contributed by atoms with Crippen molar-refractivity contribution in [2.45, 2.75) is 23.7 Å². The number of likely N-dealkylation sites (tertiary alicyclic amines) is 1. The van der Waals surface area contributed by atoms with Crippen molar-refractivity contribution in [3.05, 3.63) is 77.5 Å². The highest BCUT2D eigenvalue weighted by Gasteiger charge is 2.24. The Labute approximate surface area is 235 Å². The molecule has 3 aromatic rings. The van der Waals surface area contributed by atoms with Gasteiger partial charge < -0.3 is 10.2 Å². The summed E-state index contributed by atoms with van der Waals surface area (Å²) in [6, 6.07) is 16.4. The van der Waals surface area contributed by atoms with Crippen molar-refractivity contribution in [3.63, 3.8) is 0 Å². The van der Waals surface area contributed by atoms with Gasteiger partial charge in [-0.15, -0.1) is 0 Å². The van der Waals surface area contributed by atoms with Crippen LogP contribution in [0.25, 0.3) is 17.3 Å². The fourth-order valence-corrected chi connectivity index (χ4v) is 6.26. The number of benzene rings is 2. The fraction of sp³-hybridized carbons (Fsp3) is 0.310. The second-order valence-corrected chi connectivity index (χ2v) is 14.6. The Hall–Kier alpha value is -3.54. The maximum absolute atomic E-state index is 12.7. The van der Waals surface area contributed by atoms with Crippen LogP contribution in [0, 0.1) is 0 Å². The molecule has 0 atom stereocenters. The third-order valence-corrected chi connectivity index (χ3v) is 9.35. The third kappa shape index (κ3) is 6.60. The number of rotatable bonds is 8. The van der Waals surface area contributed by atoms with E-state index in [4.69, 9.17) is 4.98 Å². The first-order chi connectivity index (χ1) is 19.0. The number of sulfone groups is 2. The fourth-order valence-electron chi connectivity index (χ4n) is 5.04. The van der Waals surface area contributed by atoms with Crippen LogP contribution in [0.5, 0.6) is 0 Å². The second kappa shape index (κ2) is 11.1. The molecular formula is C29H31N4O5S2. The topological polar surface area (TPSA) is 128 Å². The van der Waals surface area contributed by atoms with Gasteiger partial charge in [0.2, 0.25) is 0 Å². The molecular weight excluding hydrogens is 548 g/mol. The number of pyridine rings is 1. The monoisotopic (exact) mass is 579 g/mol. The summed E-state index contributed by atoms with van der Waals surface area (Å²) in [5.41, 5.74) is 4.37. The van der Waals surface area contributed by atoms with E-state index in [1.165, 1.54) is 18.0 Å². The molecule has 1 amide bonds. The molecule has 1 fully saturated rings. The Morgan fingerprint density at radius 3 is 2.25 bits per heavy atom. The second-order valence-electron chi connectivity index (χ2n) is 10.4. The van der Waals surface area contributed by atoms with Gasteiger partial charge in [0.25, 0.3) is 5.91 Å². The van der Waals surface area contributed by atoms with Crippen LogP contribution in [0.1, 0.15) is 40.2 Å². The molecule has 5 rings (SSSR count). The molecule has 0 bridgehead atoms. The normalized spacial score (nSPS) is 16.4. The van der Waals surface area contributed by atoms with Crippen molar-refractivity contribution in [3.8, 4) is 11.3 Å². The van der Waals surface area contributed by atoms with Crippen molar-refractivity contribution in [1.29, 1.82) is 0 Å². The Balaban J connectivity index is 1.34. The Bertz CT molecular complexity index is 1660. The predicted molar refractivity (Wildman–Crippen MR) is 156 cm³/mol. The highest BCUT2D eigenvalue weighted by molar-refractivity contribution is 7.91. The summed E-state index contributed by atoms with van der Waals surface area (Å²) in [6.45, 7) is 2.31. The lowest BCUT2D eigenvalue weighted by molar-refractivity contribution is 0.0965. The van der Waals surface area contributed by atoms with Gasteiger partial charge >= 0.3 is 0 Å². The van der Waals surface area contributed by atoms with E-state index in [9.17, 15) is 21.6 Å². The molecule has 0 saturated carbocycles. The average molecular weight is 580 g/mol. The number of hydrogen-bond donors (Lipinski definition) is 1. The van der Waals surface area contributed by atoms with Crippen LogP contribution >= 0.6 is 0 Å². The number of carbonyl (C=O) groups excluding carboxylic acids is 1. The van der Waals surface area contributed by atoms with Gasteiger partial charge in [-0.2, -0.15) is 0 Å². The van der Waals surface area contributed by atoms with E-state index in [1.54, 1.807) is 36.4 Å². The summed E-state index contributed by atoms with van der Waals surface area (Å²) in [5, 5.41) is 7.21. The minimum Gasteiger partial charge on any atom is -0.340 e. The summed E-state index contributed by atoms with van der Waals surface area (Å²) in [5.74, 6) is 0.586. The summed E-state index contributed by atoms with van der Waals surface area (Å²) < 4.78 is 46.7. The van der Waals surface area contributed by atoms with Crippen molar-refractivity contribution in [1.82, 2.24) is 15.2 Å². The zero-order valence-corrected chi connectivity index (χ0v) is 24.0. The van der Waals surface area contributed by atoms with E-state index >= 15 is 0 Å². The minimum absolute atomic E-state index is 0.189. The molecule has 11 heteroatoms. The summed E-state index contributed by atoms with van der Waals surface area (Å²) in [7, 11) is -6.28. The first-order valence-corrected chi connectivity index (χ1v) is 17.0. The number of carbonyl (C=O) groups is 1. The maximum Gasteiger partial charge on any atom is 0.281 e. The zero-order chi connectivity index (χ0) is 28.5. The van der Waals surface area contributed by atoms with Crippen molar-refractivity contribution in [2.24, 2.45) is 0 Å². The number of nitrogens with one attached hydrogen (secondary N) is 1. The van der Waals surface area contributed by atoms with Crippen LogP contribution in [0.15, 0.2) is 65.7 Å². The molecule has 1 saturated heterocycles. The summed E-state index contributed by atoms with van der Waals surface area (Å²) in [4.78, 5) is 19.8. The van der Waals surface area contributed by atoms with E-state index in [0.717, 1.165) is 43.4 Å². The Morgan fingerprint density at radius 2 is 1.62 bits per heavy atom. The van der Waals surface area contributed by atoms with Gasteiger partial charge in [-0.05, 0) is 79.4 Å². The zero-order valence-electron chi connectivity index (χ0n) is 22.4. The Morgan fingerprint density at radius 1 is 0.950 bits per heavy atom. The van der Waals surface area contributed by atoms with Crippen LogP contribution in [0.4, 0.5) is 11.5 Å². The van der Waals surface area contributed by atoms with Crippen LogP contribution in [0.2, 0.25) is 0 Å². The van der Waals surface area contributed by atoms with Crippen LogP contribution in [-0.4, -0.2) is 70.5 Å².